The van der Waals surface area contributed by atoms with Crippen molar-refractivity contribution >= 4 is 29.2 Å². The van der Waals surface area contributed by atoms with Crippen molar-refractivity contribution in [1.82, 2.24) is 0 Å². The summed E-state index contributed by atoms with van der Waals surface area (Å²) in [5, 5.41) is 3.52. The molecule has 0 radical (unpaired) electrons. The van der Waals surface area contributed by atoms with E-state index >= 15 is 0 Å². The van der Waals surface area contributed by atoms with Gasteiger partial charge in [-0.3, -0.25) is 0 Å². The molecular weight excluding hydrogens is 222 g/mol. The molecule has 15 heavy (non-hydrogen) atoms. The summed E-state index contributed by atoms with van der Waals surface area (Å²) in [6, 6.07) is 8.70. The van der Waals surface area contributed by atoms with E-state index < -0.39 is 0 Å². The van der Waals surface area contributed by atoms with Crippen LogP contribution in [-0.2, 0) is 0 Å². The van der Waals surface area contributed by atoms with Crippen molar-refractivity contribution in [2.45, 2.75) is 11.3 Å². The standard InChI is InChI=1S/C12H17NS2/c1-14-12-4-2-11(3-5-12)13-8-10-6-7-15-9-10/h2-5,10,13H,6-9H2,1H3. The largest absolute Gasteiger partial charge is 0.385 e. The van der Waals surface area contributed by atoms with E-state index in [1.807, 2.05) is 0 Å². The predicted octanol–water partition coefficient (Wildman–Crippen LogP) is 3.57. The molecule has 1 aromatic rings. The molecule has 0 amide bonds. The molecule has 1 atom stereocenters. The van der Waals surface area contributed by atoms with Crippen molar-refractivity contribution in [3.05, 3.63) is 24.3 Å². The highest BCUT2D eigenvalue weighted by Crippen LogP contribution is 2.24. The molecule has 1 unspecified atom stereocenters. The van der Waals surface area contributed by atoms with E-state index in [4.69, 9.17) is 0 Å². The third-order valence-corrected chi connectivity index (χ3v) is 4.68. The average molecular weight is 239 g/mol. The summed E-state index contributed by atoms with van der Waals surface area (Å²) in [6.07, 6.45) is 3.48. The molecule has 2 rings (SSSR count). The molecule has 1 aliphatic heterocycles. The van der Waals surface area contributed by atoms with E-state index in [0.29, 0.717) is 0 Å². The summed E-state index contributed by atoms with van der Waals surface area (Å²) in [4.78, 5) is 1.33. The summed E-state index contributed by atoms with van der Waals surface area (Å²) >= 11 is 3.87. The molecular formula is C12H17NS2. The van der Waals surface area contributed by atoms with Gasteiger partial charge in [-0.25, -0.2) is 0 Å². The molecule has 1 fully saturated rings. The lowest BCUT2D eigenvalue weighted by Gasteiger charge is -2.11. The molecule has 0 spiro atoms. The third-order valence-electron chi connectivity index (χ3n) is 2.71. The molecule has 1 aromatic carbocycles. The second-order valence-corrected chi connectivity index (χ2v) is 5.87. The number of hydrogen-bond acceptors (Lipinski definition) is 3. The lowest BCUT2D eigenvalue weighted by Crippen LogP contribution is -2.13. The molecule has 1 N–H and O–H groups in total. The van der Waals surface area contributed by atoms with Gasteiger partial charge in [0.25, 0.3) is 0 Å². The highest BCUT2D eigenvalue weighted by Gasteiger charge is 2.14. The van der Waals surface area contributed by atoms with Crippen LogP contribution in [0.5, 0.6) is 0 Å². The van der Waals surface area contributed by atoms with Crippen molar-refractivity contribution in [2.75, 3.05) is 29.6 Å². The maximum Gasteiger partial charge on any atom is 0.0341 e. The van der Waals surface area contributed by atoms with Gasteiger partial charge >= 0.3 is 0 Å². The molecule has 0 aliphatic carbocycles. The number of benzene rings is 1. The molecule has 1 heterocycles. The quantitative estimate of drug-likeness (QED) is 0.807. The maximum atomic E-state index is 3.52. The Hall–Kier alpha value is -0.280. The minimum Gasteiger partial charge on any atom is -0.385 e. The Balaban J connectivity index is 1.82. The fourth-order valence-electron chi connectivity index (χ4n) is 1.72. The van der Waals surface area contributed by atoms with E-state index in [0.717, 1.165) is 12.5 Å². The van der Waals surface area contributed by atoms with E-state index in [1.165, 1.54) is 28.5 Å². The Morgan fingerprint density at radius 1 is 1.40 bits per heavy atom. The van der Waals surface area contributed by atoms with Crippen LogP contribution in [0.25, 0.3) is 0 Å². The van der Waals surface area contributed by atoms with Crippen molar-refractivity contribution < 1.29 is 0 Å². The summed E-state index contributed by atoms with van der Waals surface area (Å²) < 4.78 is 0. The second-order valence-electron chi connectivity index (χ2n) is 3.84. The van der Waals surface area contributed by atoms with Gasteiger partial charge in [0.2, 0.25) is 0 Å². The van der Waals surface area contributed by atoms with E-state index in [2.05, 4.69) is 47.6 Å². The molecule has 3 heteroatoms. The first-order chi connectivity index (χ1) is 7.38. The Morgan fingerprint density at radius 3 is 2.80 bits per heavy atom. The van der Waals surface area contributed by atoms with E-state index in [1.54, 1.807) is 11.8 Å². The predicted molar refractivity (Wildman–Crippen MR) is 72.1 cm³/mol. The van der Waals surface area contributed by atoms with Crippen molar-refractivity contribution in [3.63, 3.8) is 0 Å². The van der Waals surface area contributed by atoms with Crippen LogP contribution in [0.4, 0.5) is 5.69 Å². The van der Waals surface area contributed by atoms with Gasteiger partial charge in [0.1, 0.15) is 0 Å². The highest BCUT2D eigenvalue weighted by atomic mass is 32.2. The van der Waals surface area contributed by atoms with Crippen LogP contribution in [0, 0.1) is 5.92 Å². The number of nitrogens with one attached hydrogen (secondary N) is 1. The number of rotatable bonds is 4. The monoisotopic (exact) mass is 239 g/mol. The molecule has 1 saturated heterocycles. The van der Waals surface area contributed by atoms with Crippen LogP contribution >= 0.6 is 23.5 Å². The molecule has 0 saturated carbocycles. The van der Waals surface area contributed by atoms with Crippen LogP contribution in [0.2, 0.25) is 0 Å². The van der Waals surface area contributed by atoms with Crippen LogP contribution in [-0.4, -0.2) is 24.3 Å². The van der Waals surface area contributed by atoms with Gasteiger partial charge in [-0.1, -0.05) is 0 Å². The number of hydrogen-bond donors (Lipinski definition) is 1. The van der Waals surface area contributed by atoms with Gasteiger partial charge in [0.15, 0.2) is 0 Å². The highest BCUT2D eigenvalue weighted by molar-refractivity contribution is 7.99. The maximum absolute atomic E-state index is 3.52. The summed E-state index contributed by atoms with van der Waals surface area (Å²) in [6.45, 7) is 1.13. The molecule has 0 bridgehead atoms. The summed E-state index contributed by atoms with van der Waals surface area (Å²) in [5.74, 6) is 3.54. The first kappa shape index (κ1) is 11.2. The number of anilines is 1. The van der Waals surface area contributed by atoms with Crippen LogP contribution in [0.15, 0.2) is 29.2 Å². The molecule has 1 nitrogen and oxygen atoms in total. The van der Waals surface area contributed by atoms with Crippen LogP contribution in [0.3, 0.4) is 0 Å². The van der Waals surface area contributed by atoms with E-state index in [9.17, 15) is 0 Å². The lowest BCUT2D eigenvalue weighted by molar-refractivity contribution is 0.632. The smallest absolute Gasteiger partial charge is 0.0341 e. The Morgan fingerprint density at radius 2 is 2.20 bits per heavy atom. The SMILES string of the molecule is CSc1ccc(NCC2CCSC2)cc1. The van der Waals surface area contributed by atoms with Crippen molar-refractivity contribution in [1.29, 1.82) is 0 Å². The fraction of sp³-hybridized carbons (Fsp3) is 0.500. The minimum atomic E-state index is 0.871. The van der Waals surface area contributed by atoms with E-state index in [-0.39, 0.29) is 0 Å². The minimum absolute atomic E-state index is 0.871. The van der Waals surface area contributed by atoms with Crippen LogP contribution < -0.4 is 5.32 Å². The lowest BCUT2D eigenvalue weighted by atomic mass is 10.1. The average Bonchev–Trinajstić information content (AvgIpc) is 2.80. The second kappa shape index (κ2) is 5.71. The summed E-state index contributed by atoms with van der Waals surface area (Å²) in [5.41, 5.74) is 1.25. The molecule has 0 aromatic heterocycles. The summed E-state index contributed by atoms with van der Waals surface area (Å²) in [7, 11) is 0. The first-order valence-corrected chi connectivity index (χ1v) is 7.72. The molecule has 1 aliphatic rings. The van der Waals surface area contributed by atoms with Gasteiger partial charge < -0.3 is 5.32 Å². The van der Waals surface area contributed by atoms with Gasteiger partial charge in [0.05, 0.1) is 0 Å². The fourth-order valence-corrected chi connectivity index (χ4v) is 3.41. The zero-order valence-corrected chi connectivity index (χ0v) is 10.7. The van der Waals surface area contributed by atoms with Gasteiger partial charge in [-0.2, -0.15) is 11.8 Å². The van der Waals surface area contributed by atoms with Gasteiger partial charge in [-0.15, -0.1) is 11.8 Å². The zero-order chi connectivity index (χ0) is 10.5. The first-order valence-electron chi connectivity index (χ1n) is 5.34. The Labute approximate surface area is 100 Å². The van der Waals surface area contributed by atoms with Crippen molar-refractivity contribution in [2.24, 2.45) is 5.92 Å². The third kappa shape index (κ3) is 3.35. The van der Waals surface area contributed by atoms with Gasteiger partial charge in [-0.05, 0) is 54.4 Å². The zero-order valence-electron chi connectivity index (χ0n) is 9.03. The topological polar surface area (TPSA) is 12.0 Å². The Bertz CT molecular complexity index is 291. The molecule has 82 valence electrons. The van der Waals surface area contributed by atoms with Crippen molar-refractivity contribution in [3.8, 4) is 0 Å². The Kier molecular flexibility index (Phi) is 4.27. The number of thioether (sulfide) groups is 2. The normalized spacial score (nSPS) is 20.5. The van der Waals surface area contributed by atoms with Gasteiger partial charge in [0, 0.05) is 17.1 Å². The van der Waals surface area contributed by atoms with Crippen LogP contribution in [0.1, 0.15) is 6.42 Å².